The molecule has 0 aromatic heterocycles. The molecule has 2 aromatic rings. The zero-order valence-corrected chi connectivity index (χ0v) is 18.0. The Kier molecular flexibility index (Phi) is 7.02. The van der Waals surface area contributed by atoms with Gasteiger partial charge in [-0.25, -0.2) is 13.2 Å². The number of hydrogen-bond donors (Lipinski definition) is 1. The number of aryl methyl sites for hydroxylation is 2. The van der Waals surface area contributed by atoms with E-state index in [-0.39, 0.29) is 6.61 Å². The van der Waals surface area contributed by atoms with Gasteiger partial charge in [0.1, 0.15) is 6.04 Å². The van der Waals surface area contributed by atoms with E-state index in [1.54, 1.807) is 37.3 Å². The molecule has 0 fully saturated rings. The molecule has 0 aliphatic heterocycles. The molecule has 1 atom stereocenters. The van der Waals surface area contributed by atoms with E-state index in [0.29, 0.717) is 16.9 Å². The molecule has 0 spiro atoms. The summed E-state index contributed by atoms with van der Waals surface area (Å²) in [5.41, 5.74) is 3.03. The SMILES string of the molecule is CCOC(=O)c1cccc(NC(=O)[C@@H](C)N(c2ccc(C)c(C)c2)S(C)(=O)=O)c1. The van der Waals surface area contributed by atoms with Crippen molar-refractivity contribution < 1.29 is 22.7 Å². The molecule has 1 amide bonds. The van der Waals surface area contributed by atoms with Crippen molar-refractivity contribution in [3.05, 3.63) is 59.2 Å². The van der Waals surface area contributed by atoms with Crippen molar-refractivity contribution in [1.29, 1.82) is 0 Å². The first-order valence-corrected chi connectivity index (χ1v) is 11.0. The Morgan fingerprint density at radius 2 is 1.79 bits per heavy atom. The minimum absolute atomic E-state index is 0.242. The molecule has 0 saturated heterocycles. The van der Waals surface area contributed by atoms with Gasteiger partial charge in [0.2, 0.25) is 15.9 Å². The third kappa shape index (κ3) is 5.57. The van der Waals surface area contributed by atoms with Crippen molar-refractivity contribution in [2.24, 2.45) is 0 Å². The van der Waals surface area contributed by atoms with Gasteiger partial charge in [0.15, 0.2) is 0 Å². The number of anilines is 2. The molecule has 156 valence electrons. The van der Waals surface area contributed by atoms with Gasteiger partial charge in [-0.15, -0.1) is 0 Å². The quantitative estimate of drug-likeness (QED) is 0.697. The Labute approximate surface area is 171 Å². The number of esters is 1. The highest BCUT2D eigenvalue weighted by atomic mass is 32.2. The maximum Gasteiger partial charge on any atom is 0.338 e. The highest BCUT2D eigenvalue weighted by molar-refractivity contribution is 7.92. The molecule has 0 radical (unpaired) electrons. The van der Waals surface area contributed by atoms with E-state index in [1.165, 1.54) is 13.0 Å². The fourth-order valence-electron chi connectivity index (χ4n) is 2.86. The zero-order valence-electron chi connectivity index (χ0n) is 17.2. The lowest BCUT2D eigenvalue weighted by Crippen LogP contribution is -2.45. The standard InChI is InChI=1S/C21H26N2O5S/c1-6-28-21(25)17-8-7-9-18(13-17)22-20(24)16(4)23(29(5,26)27)19-11-10-14(2)15(3)12-19/h7-13,16H,6H2,1-5H3,(H,22,24)/t16-/m1/s1. The predicted octanol–water partition coefficient (Wildman–Crippen LogP) is 3.27. The molecule has 0 aliphatic carbocycles. The van der Waals surface area contributed by atoms with Gasteiger partial charge in [0.25, 0.3) is 0 Å². The minimum atomic E-state index is -3.71. The summed E-state index contributed by atoms with van der Waals surface area (Å²) in [6.45, 7) is 7.27. The fourth-order valence-corrected chi connectivity index (χ4v) is 4.02. The van der Waals surface area contributed by atoms with Gasteiger partial charge >= 0.3 is 5.97 Å². The first-order chi connectivity index (χ1) is 13.5. The average molecular weight is 419 g/mol. The Morgan fingerprint density at radius 1 is 1.10 bits per heavy atom. The smallest absolute Gasteiger partial charge is 0.338 e. The lowest BCUT2D eigenvalue weighted by Gasteiger charge is -2.28. The third-order valence-corrected chi connectivity index (χ3v) is 5.72. The molecule has 0 heterocycles. The van der Waals surface area contributed by atoms with Crippen LogP contribution in [-0.2, 0) is 19.6 Å². The van der Waals surface area contributed by atoms with Crippen LogP contribution in [0.3, 0.4) is 0 Å². The number of sulfonamides is 1. The van der Waals surface area contributed by atoms with E-state index in [4.69, 9.17) is 4.74 Å². The number of amides is 1. The molecule has 0 unspecified atom stereocenters. The van der Waals surface area contributed by atoms with Gasteiger partial charge < -0.3 is 10.1 Å². The molecule has 8 heteroatoms. The molecule has 2 rings (SSSR count). The molecular weight excluding hydrogens is 392 g/mol. The number of rotatable bonds is 7. The Morgan fingerprint density at radius 3 is 2.38 bits per heavy atom. The monoisotopic (exact) mass is 418 g/mol. The molecule has 0 saturated carbocycles. The van der Waals surface area contributed by atoms with E-state index < -0.39 is 27.9 Å². The minimum Gasteiger partial charge on any atom is -0.462 e. The summed E-state index contributed by atoms with van der Waals surface area (Å²) in [7, 11) is -3.71. The van der Waals surface area contributed by atoms with Gasteiger partial charge in [-0.2, -0.15) is 0 Å². The summed E-state index contributed by atoms with van der Waals surface area (Å²) in [6, 6.07) is 10.5. The van der Waals surface area contributed by atoms with Crippen molar-refractivity contribution >= 4 is 33.3 Å². The highest BCUT2D eigenvalue weighted by Crippen LogP contribution is 2.24. The lowest BCUT2D eigenvalue weighted by molar-refractivity contribution is -0.116. The Hall–Kier alpha value is -2.87. The molecule has 0 aliphatic rings. The van der Waals surface area contributed by atoms with Crippen LogP contribution in [0.2, 0.25) is 0 Å². The van der Waals surface area contributed by atoms with Crippen LogP contribution in [0.4, 0.5) is 11.4 Å². The van der Waals surface area contributed by atoms with Crippen LogP contribution in [0, 0.1) is 13.8 Å². The largest absolute Gasteiger partial charge is 0.462 e. The van der Waals surface area contributed by atoms with Crippen LogP contribution in [0.15, 0.2) is 42.5 Å². The van der Waals surface area contributed by atoms with Crippen molar-refractivity contribution in [3.63, 3.8) is 0 Å². The number of hydrogen-bond acceptors (Lipinski definition) is 5. The summed E-state index contributed by atoms with van der Waals surface area (Å²) >= 11 is 0. The van der Waals surface area contributed by atoms with E-state index in [9.17, 15) is 18.0 Å². The van der Waals surface area contributed by atoms with Crippen LogP contribution in [-0.4, -0.2) is 39.2 Å². The first-order valence-electron chi connectivity index (χ1n) is 9.19. The lowest BCUT2D eigenvalue weighted by atomic mass is 10.1. The van der Waals surface area contributed by atoms with E-state index in [2.05, 4.69) is 5.32 Å². The van der Waals surface area contributed by atoms with Crippen LogP contribution in [0.5, 0.6) is 0 Å². The van der Waals surface area contributed by atoms with Crippen LogP contribution < -0.4 is 9.62 Å². The van der Waals surface area contributed by atoms with Crippen LogP contribution in [0.1, 0.15) is 35.3 Å². The van der Waals surface area contributed by atoms with E-state index in [1.807, 2.05) is 19.9 Å². The second kappa shape index (κ2) is 9.09. The summed E-state index contributed by atoms with van der Waals surface area (Å²) < 4.78 is 30.9. The van der Waals surface area contributed by atoms with Crippen LogP contribution in [0.25, 0.3) is 0 Å². The zero-order chi connectivity index (χ0) is 21.8. The van der Waals surface area contributed by atoms with E-state index >= 15 is 0 Å². The van der Waals surface area contributed by atoms with Crippen molar-refractivity contribution in [3.8, 4) is 0 Å². The number of ether oxygens (including phenoxy) is 1. The Balaban J connectivity index is 2.29. The van der Waals surface area contributed by atoms with Gasteiger partial charge in [-0.05, 0) is 69.2 Å². The summed E-state index contributed by atoms with van der Waals surface area (Å²) in [6.07, 6.45) is 1.06. The summed E-state index contributed by atoms with van der Waals surface area (Å²) in [5, 5.41) is 2.67. The summed E-state index contributed by atoms with van der Waals surface area (Å²) in [4.78, 5) is 24.7. The summed E-state index contributed by atoms with van der Waals surface area (Å²) in [5.74, 6) is -1.01. The van der Waals surface area contributed by atoms with Crippen molar-refractivity contribution in [2.45, 2.75) is 33.7 Å². The molecule has 1 N–H and O–H groups in total. The number of carbonyl (C=O) groups excluding carboxylic acids is 2. The second-order valence-corrected chi connectivity index (χ2v) is 8.65. The maximum absolute atomic E-state index is 12.8. The molecule has 2 aromatic carbocycles. The van der Waals surface area contributed by atoms with Gasteiger partial charge in [-0.3, -0.25) is 9.10 Å². The van der Waals surface area contributed by atoms with Crippen molar-refractivity contribution in [1.82, 2.24) is 0 Å². The molecule has 7 nitrogen and oxygen atoms in total. The van der Waals surface area contributed by atoms with Gasteiger partial charge in [0.05, 0.1) is 24.1 Å². The van der Waals surface area contributed by atoms with Crippen molar-refractivity contribution in [2.75, 3.05) is 22.5 Å². The van der Waals surface area contributed by atoms with E-state index in [0.717, 1.165) is 21.7 Å². The first kappa shape index (κ1) is 22.4. The van der Waals surface area contributed by atoms with Gasteiger partial charge in [0, 0.05) is 5.69 Å². The fraction of sp³-hybridized carbons (Fsp3) is 0.333. The topological polar surface area (TPSA) is 92.8 Å². The third-order valence-electron chi connectivity index (χ3n) is 4.47. The predicted molar refractivity (Wildman–Crippen MR) is 114 cm³/mol. The molecule has 0 bridgehead atoms. The number of benzene rings is 2. The highest BCUT2D eigenvalue weighted by Gasteiger charge is 2.29. The Bertz CT molecular complexity index is 1020. The number of carbonyl (C=O) groups is 2. The average Bonchev–Trinajstić information content (AvgIpc) is 2.64. The maximum atomic E-state index is 12.8. The number of nitrogens with one attached hydrogen (secondary N) is 1. The molecular formula is C21H26N2O5S. The number of nitrogens with zero attached hydrogens (tertiary/aromatic N) is 1. The normalized spacial score (nSPS) is 12.2. The second-order valence-electron chi connectivity index (χ2n) is 6.79. The molecule has 29 heavy (non-hydrogen) atoms. The van der Waals surface area contributed by atoms with Crippen LogP contribution >= 0.6 is 0 Å². The van der Waals surface area contributed by atoms with Gasteiger partial charge in [-0.1, -0.05) is 12.1 Å².